The van der Waals surface area contributed by atoms with E-state index in [1.54, 1.807) is 6.07 Å². The van der Waals surface area contributed by atoms with Crippen LogP contribution >= 0.6 is 0 Å². The van der Waals surface area contributed by atoms with Crippen molar-refractivity contribution in [1.82, 2.24) is 4.98 Å². The van der Waals surface area contributed by atoms with Crippen molar-refractivity contribution in [2.24, 2.45) is 5.92 Å². The van der Waals surface area contributed by atoms with Crippen molar-refractivity contribution in [2.75, 3.05) is 18.6 Å². The molecule has 4 nitrogen and oxygen atoms in total. The fourth-order valence-corrected chi connectivity index (χ4v) is 2.58. The molecule has 1 aromatic heterocycles. The topological polar surface area (TPSA) is 60.2 Å². The van der Waals surface area contributed by atoms with Crippen LogP contribution in [0.3, 0.4) is 0 Å². The van der Waals surface area contributed by atoms with Crippen molar-refractivity contribution in [2.45, 2.75) is 31.7 Å². The number of aliphatic hydroxyl groups excluding tert-OH is 1. The van der Waals surface area contributed by atoms with Gasteiger partial charge in [-0.1, -0.05) is 6.07 Å². The molecule has 18 heavy (non-hydrogen) atoms. The lowest BCUT2D eigenvalue weighted by atomic mass is 9.86. The molecule has 4 heteroatoms. The first-order valence-corrected chi connectivity index (χ1v) is 6.45. The van der Waals surface area contributed by atoms with Gasteiger partial charge in [-0.25, -0.2) is 4.98 Å². The maximum absolute atomic E-state index is 9.14. The summed E-state index contributed by atoms with van der Waals surface area (Å²) in [6.45, 7) is 0.304. The molecule has 1 heterocycles. The summed E-state index contributed by atoms with van der Waals surface area (Å²) in [4.78, 5) is 6.48. The van der Waals surface area contributed by atoms with E-state index in [4.69, 9.17) is 10.4 Å². The number of anilines is 1. The summed E-state index contributed by atoms with van der Waals surface area (Å²) in [5, 5.41) is 18.0. The molecule has 1 N–H and O–H groups in total. The molecular weight excluding hydrogens is 226 g/mol. The lowest BCUT2D eigenvalue weighted by Gasteiger charge is -2.34. The number of nitrogens with zero attached hydrogens (tertiary/aromatic N) is 3. The first-order chi connectivity index (χ1) is 8.74. The smallest absolute Gasteiger partial charge is 0.142 e. The normalized spacial score (nSPS) is 23.4. The number of hydrogen-bond donors (Lipinski definition) is 1. The van der Waals surface area contributed by atoms with E-state index in [2.05, 4.69) is 16.0 Å². The summed E-state index contributed by atoms with van der Waals surface area (Å²) >= 11 is 0. The van der Waals surface area contributed by atoms with Crippen molar-refractivity contribution in [3.8, 4) is 6.07 Å². The van der Waals surface area contributed by atoms with Gasteiger partial charge in [0, 0.05) is 19.7 Å². The second-order valence-corrected chi connectivity index (χ2v) is 4.96. The molecule has 1 aliphatic rings. The van der Waals surface area contributed by atoms with Crippen molar-refractivity contribution >= 4 is 5.82 Å². The molecule has 0 radical (unpaired) electrons. The van der Waals surface area contributed by atoms with Crippen molar-refractivity contribution in [3.63, 3.8) is 0 Å². The predicted molar refractivity (Wildman–Crippen MR) is 70.2 cm³/mol. The highest BCUT2D eigenvalue weighted by Crippen LogP contribution is 2.28. The molecule has 96 valence electrons. The molecule has 0 bridgehead atoms. The van der Waals surface area contributed by atoms with Gasteiger partial charge in [-0.2, -0.15) is 5.26 Å². The Kier molecular flexibility index (Phi) is 4.16. The first kappa shape index (κ1) is 12.8. The molecule has 1 aliphatic carbocycles. The van der Waals surface area contributed by atoms with E-state index in [1.807, 2.05) is 19.2 Å². The van der Waals surface area contributed by atoms with E-state index >= 15 is 0 Å². The van der Waals surface area contributed by atoms with Gasteiger partial charge in [-0.3, -0.25) is 0 Å². The maximum atomic E-state index is 9.14. The molecule has 0 aromatic carbocycles. The average Bonchev–Trinajstić information content (AvgIpc) is 2.46. The van der Waals surface area contributed by atoms with E-state index in [-0.39, 0.29) is 0 Å². The molecule has 1 aromatic rings. The van der Waals surface area contributed by atoms with Gasteiger partial charge in [-0.05, 0) is 43.7 Å². The van der Waals surface area contributed by atoms with E-state index < -0.39 is 0 Å². The SMILES string of the molecule is CN(c1cccc(C#N)n1)C1CCC(CO)CC1. The first-order valence-electron chi connectivity index (χ1n) is 6.45. The highest BCUT2D eigenvalue weighted by molar-refractivity contribution is 5.41. The zero-order valence-corrected chi connectivity index (χ0v) is 10.7. The number of hydrogen-bond acceptors (Lipinski definition) is 4. The maximum Gasteiger partial charge on any atom is 0.142 e. The third kappa shape index (κ3) is 2.80. The third-order valence-electron chi connectivity index (χ3n) is 3.83. The Bertz CT molecular complexity index is 433. The Morgan fingerprint density at radius 3 is 2.72 bits per heavy atom. The molecule has 1 saturated carbocycles. The van der Waals surface area contributed by atoms with Crippen LogP contribution in [0.4, 0.5) is 5.82 Å². The van der Waals surface area contributed by atoms with Crippen molar-refractivity contribution in [3.05, 3.63) is 23.9 Å². The monoisotopic (exact) mass is 245 g/mol. The lowest BCUT2D eigenvalue weighted by Crippen LogP contribution is -2.36. The van der Waals surface area contributed by atoms with Crippen LogP contribution in [0, 0.1) is 17.2 Å². The number of nitriles is 1. The highest BCUT2D eigenvalue weighted by Gasteiger charge is 2.24. The second kappa shape index (κ2) is 5.83. The molecule has 2 rings (SSSR count). The molecule has 0 aliphatic heterocycles. The van der Waals surface area contributed by atoms with Gasteiger partial charge >= 0.3 is 0 Å². The van der Waals surface area contributed by atoms with Gasteiger partial charge in [0.25, 0.3) is 0 Å². The van der Waals surface area contributed by atoms with Gasteiger partial charge in [0.05, 0.1) is 0 Å². The molecule has 0 saturated heterocycles. The van der Waals surface area contributed by atoms with E-state index in [0.29, 0.717) is 24.3 Å². The Hall–Kier alpha value is -1.60. The van der Waals surface area contributed by atoms with Gasteiger partial charge in [0.2, 0.25) is 0 Å². The van der Waals surface area contributed by atoms with E-state index in [0.717, 1.165) is 31.5 Å². The zero-order valence-electron chi connectivity index (χ0n) is 10.7. The molecule has 0 atom stereocenters. The lowest BCUT2D eigenvalue weighted by molar-refractivity contribution is 0.182. The summed E-state index contributed by atoms with van der Waals surface area (Å²) in [5.41, 5.74) is 0.461. The summed E-state index contributed by atoms with van der Waals surface area (Å²) in [6, 6.07) is 8.07. The number of aliphatic hydroxyl groups is 1. The van der Waals surface area contributed by atoms with E-state index in [1.165, 1.54) is 0 Å². The minimum absolute atomic E-state index is 0.304. The van der Waals surface area contributed by atoms with Crippen LogP contribution < -0.4 is 4.90 Å². The Balaban J connectivity index is 2.03. The van der Waals surface area contributed by atoms with Crippen LogP contribution in [0.25, 0.3) is 0 Å². The van der Waals surface area contributed by atoms with Crippen LogP contribution in [0.15, 0.2) is 18.2 Å². The highest BCUT2D eigenvalue weighted by atomic mass is 16.3. The van der Waals surface area contributed by atoms with Crippen LogP contribution in [-0.4, -0.2) is 29.8 Å². The Morgan fingerprint density at radius 1 is 1.39 bits per heavy atom. The minimum atomic E-state index is 0.304. The van der Waals surface area contributed by atoms with Crippen molar-refractivity contribution < 1.29 is 5.11 Å². The second-order valence-electron chi connectivity index (χ2n) is 4.96. The van der Waals surface area contributed by atoms with Crippen LogP contribution in [-0.2, 0) is 0 Å². The number of pyridine rings is 1. The van der Waals surface area contributed by atoms with Crippen LogP contribution in [0.2, 0.25) is 0 Å². The third-order valence-corrected chi connectivity index (χ3v) is 3.83. The number of aromatic nitrogens is 1. The van der Waals surface area contributed by atoms with E-state index in [9.17, 15) is 0 Å². The molecule has 1 fully saturated rings. The molecule has 0 amide bonds. The van der Waals surface area contributed by atoms with Crippen molar-refractivity contribution in [1.29, 1.82) is 5.26 Å². The molecule has 0 spiro atoms. The Labute approximate surface area is 108 Å². The quantitative estimate of drug-likeness (QED) is 0.884. The van der Waals surface area contributed by atoms with Gasteiger partial charge in [0.15, 0.2) is 0 Å². The van der Waals surface area contributed by atoms with Crippen LogP contribution in [0.1, 0.15) is 31.4 Å². The number of rotatable bonds is 3. The van der Waals surface area contributed by atoms with Gasteiger partial charge < -0.3 is 10.0 Å². The van der Waals surface area contributed by atoms with Gasteiger partial charge in [0.1, 0.15) is 17.6 Å². The zero-order chi connectivity index (χ0) is 13.0. The fourth-order valence-electron chi connectivity index (χ4n) is 2.58. The summed E-state index contributed by atoms with van der Waals surface area (Å²) in [6.07, 6.45) is 4.31. The summed E-state index contributed by atoms with van der Waals surface area (Å²) < 4.78 is 0. The Morgan fingerprint density at radius 2 is 2.11 bits per heavy atom. The molecular formula is C14H19N3O. The molecule has 0 unspecified atom stereocenters. The summed E-state index contributed by atoms with van der Waals surface area (Å²) in [7, 11) is 2.04. The minimum Gasteiger partial charge on any atom is -0.396 e. The predicted octanol–water partition coefficient (Wildman–Crippen LogP) is 1.94. The average molecular weight is 245 g/mol. The largest absolute Gasteiger partial charge is 0.396 e. The standard InChI is InChI=1S/C14H19N3O/c1-17(13-7-5-11(10-18)6-8-13)14-4-2-3-12(9-15)16-14/h2-4,11,13,18H,5-8,10H2,1H3. The van der Waals surface area contributed by atoms with Gasteiger partial charge in [-0.15, -0.1) is 0 Å². The van der Waals surface area contributed by atoms with Crippen LogP contribution in [0.5, 0.6) is 0 Å². The fraction of sp³-hybridized carbons (Fsp3) is 0.571. The summed E-state index contributed by atoms with van der Waals surface area (Å²) in [5.74, 6) is 1.33.